The van der Waals surface area contributed by atoms with Gasteiger partial charge >= 0.3 is 23.9 Å². The predicted octanol–water partition coefficient (Wildman–Crippen LogP) is 4.61. The van der Waals surface area contributed by atoms with Crippen molar-refractivity contribution in [3.8, 4) is 0 Å². The molecule has 0 aliphatic carbocycles. The predicted molar refractivity (Wildman–Crippen MR) is 108 cm³/mol. The van der Waals surface area contributed by atoms with Gasteiger partial charge in [-0.15, -0.1) is 0 Å². The van der Waals surface area contributed by atoms with Crippen molar-refractivity contribution in [2.24, 2.45) is 17.3 Å². The lowest BCUT2D eigenvalue weighted by Crippen LogP contribution is -2.18. The second-order valence-corrected chi connectivity index (χ2v) is 7.69. The minimum Gasteiger partial charge on any atom is -0.481 e. The van der Waals surface area contributed by atoms with Gasteiger partial charge in [-0.1, -0.05) is 41.0 Å². The van der Waals surface area contributed by atoms with Crippen molar-refractivity contribution in [3.05, 3.63) is 0 Å². The van der Waals surface area contributed by atoms with E-state index in [-0.39, 0.29) is 18.3 Å². The van der Waals surface area contributed by atoms with Crippen LogP contribution < -0.4 is 0 Å². The molecule has 168 valence electrons. The third kappa shape index (κ3) is 39.1. The molecule has 0 rings (SSSR count). The maximum atomic E-state index is 10.0. The highest BCUT2D eigenvalue weighted by Crippen LogP contribution is 2.11. The lowest BCUT2D eigenvalue weighted by atomic mass is 9.98. The van der Waals surface area contributed by atoms with Gasteiger partial charge in [-0.05, 0) is 39.5 Å². The topological polar surface area (TPSA) is 149 Å². The van der Waals surface area contributed by atoms with Crippen LogP contribution in [0, 0.1) is 17.3 Å². The Bertz CT molecular complexity index is 436. The number of aliphatic carboxylic acids is 4. The van der Waals surface area contributed by atoms with Crippen LogP contribution in [0.3, 0.4) is 0 Å². The number of carbonyl (C=O) groups is 4. The summed E-state index contributed by atoms with van der Waals surface area (Å²) in [7, 11) is 0. The summed E-state index contributed by atoms with van der Waals surface area (Å²) in [5, 5.41) is 32.6. The molecule has 0 radical (unpaired) electrons. The SMILES string of the molecule is CC(C)(C)C(=O)O.CC(C)CC(=O)O.CCC(C)C(=O)O.CCCCC(=O)O. The highest BCUT2D eigenvalue weighted by atomic mass is 16.4. The number of unbranched alkanes of at least 4 members (excludes halogenated alkanes) is 1. The molecule has 0 fully saturated rings. The fraction of sp³-hybridized carbons (Fsp3) is 0.800. The molecule has 0 saturated carbocycles. The molecule has 1 unspecified atom stereocenters. The van der Waals surface area contributed by atoms with E-state index in [9.17, 15) is 19.2 Å². The van der Waals surface area contributed by atoms with E-state index in [2.05, 4.69) is 0 Å². The summed E-state index contributed by atoms with van der Waals surface area (Å²) < 4.78 is 0. The van der Waals surface area contributed by atoms with E-state index in [1.807, 2.05) is 27.7 Å². The Morgan fingerprint density at radius 2 is 1.21 bits per heavy atom. The van der Waals surface area contributed by atoms with E-state index in [0.29, 0.717) is 6.42 Å². The first-order valence-corrected chi connectivity index (χ1v) is 9.42. The first kappa shape index (κ1) is 33.5. The zero-order valence-electron chi connectivity index (χ0n) is 18.6. The van der Waals surface area contributed by atoms with Crippen LogP contribution in [0.2, 0.25) is 0 Å². The van der Waals surface area contributed by atoms with Gasteiger partial charge in [0, 0.05) is 12.8 Å². The molecule has 8 heteroatoms. The summed E-state index contributed by atoms with van der Waals surface area (Å²) in [6, 6.07) is 0. The smallest absolute Gasteiger partial charge is 0.308 e. The van der Waals surface area contributed by atoms with Gasteiger partial charge in [-0.3, -0.25) is 19.2 Å². The second kappa shape index (κ2) is 19.6. The van der Waals surface area contributed by atoms with Crippen molar-refractivity contribution < 1.29 is 39.6 Å². The third-order valence-corrected chi connectivity index (χ3v) is 3.00. The van der Waals surface area contributed by atoms with Crippen LogP contribution in [-0.2, 0) is 19.2 Å². The highest BCUT2D eigenvalue weighted by Gasteiger charge is 2.18. The molecule has 0 aromatic carbocycles. The van der Waals surface area contributed by atoms with Crippen molar-refractivity contribution in [2.75, 3.05) is 0 Å². The van der Waals surface area contributed by atoms with Crippen LogP contribution >= 0.6 is 0 Å². The number of carboxylic acids is 4. The molecule has 0 amide bonds. The second-order valence-electron chi connectivity index (χ2n) is 7.69. The van der Waals surface area contributed by atoms with Crippen molar-refractivity contribution in [3.63, 3.8) is 0 Å². The van der Waals surface area contributed by atoms with E-state index in [1.165, 1.54) is 0 Å². The monoisotopic (exact) mass is 408 g/mol. The molecule has 0 aliphatic rings. The van der Waals surface area contributed by atoms with Crippen molar-refractivity contribution >= 4 is 23.9 Å². The summed E-state index contributed by atoms with van der Waals surface area (Å²) in [6.45, 7) is 14.3. The van der Waals surface area contributed by atoms with Crippen molar-refractivity contribution in [2.45, 2.75) is 87.5 Å². The van der Waals surface area contributed by atoms with Crippen molar-refractivity contribution in [1.82, 2.24) is 0 Å². The fourth-order valence-corrected chi connectivity index (χ4v) is 0.852. The highest BCUT2D eigenvalue weighted by molar-refractivity contribution is 5.72. The molecule has 28 heavy (non-hydrogen) atoms. The standard InChI is InChI=1S/4C5H10O2/c1-5(2,3)4(6)7;1-4(2)3-5(6)7;1-3-4(2)5(6)7;1-2-3-4-5(6)7/h1-3H3,(H,6,7);2*4H,3H2,1-2H3,(H,6,7);2-4H2,1H3,(H,6,7). The van der Waals surface area contributed by atoms with E-state index in [0.717, 1.165) is 19.3 Å². The van der Waals surface area contributed by atoms with E-state index in [4.69, 9.17) is 20.4 Å². The quantitative estimate of drug-likeness (QED) is 0.477. The average molecular weight is 409 g/mol. The number of rotatable bonds is 7. The summed E-state index contributed by atoms with van der Waals surface area (Å²) in [6.07, 6.45) is 3.08. The molecular formula is C20H40O8. The van der Waals surface area contributed by atoms with Crippen molar-refractivity contribution in [1.29, 1.82) is 0 Å². The number of carboxylic acid groups (broad SMARTS) is 4. The molecule has 1 atom stereocenters. The lowest BCUT2D eigenvalue weighted by molar-refractivity contribution is -0.146. The van der Waals surface area contributed by atoms with Crippen LogP contribution in [0.15, 0.2) is 0 Å². The molecule has 0 aromatic heterocycles. The Kier molecular flexibility index (Phi) is 23.5. The number of hydrogen-bond acceptors (Lipinski definition) is 4. The normalized spacial score (nSPS) is 10.8. The van der Waals surface area contributed by atoms with Gasteiger partial charge < -0.3 is 20.4 Å². The largest absolute Gasteiger partial charge is 0.481 e. The molecule has 0 spiro atoms. The molecule has 0 heterocycles. The maximum Gasteiger partial charge on any atom is 0.308 e. The Morgan fingerprint density at radius 1 is 0.821 bits per heavy atom. The molecule has 4 N–H and O–H groups in total. The summed E-state index contributed by atoms with van der Waals surface area (Å²) in [4.78, 5) is 39.5. The van der Waals surface area contributed by atoms with Crippen LogP contribution in [0.25, 0.3) is 0 Å². The Balaban J connectivity index is -0.000000137. The van der Waals surface area contributed by atoms with Gasteiger partial charge in [0.1, 0.15) is 0 Å². The van der Waals surface area contributed by atoms with Gasteiger partial charge in [0.25, 0.3) is 0 Å². The molecular weight excluding hydrogens is 368 g/mol. The molecule has 0 saturated heterocycles. The van der Waals surface area contributed by atoms with E-state index < -0.39 is 29.3 Å². The molecule has 0 aliphatic heterocycles. The summed E-state index contributed by atoms with van der Waals surface area (Å²) in [5.41, 5.74) is -0.583. The van der Waals surface area contributed by atoms with Gasteiger partial charge in [-0.25, -0.2) is 0 Å². The van der Waals surface area contributed by atoms with E-state index >= 15 is 0 Å². The minimum absolute atomic E-state index is 0.181. The summed E-state index contributed by atoms with van der Waals surface area (Å²) >= 11 is 0. The Labute approximate surface area is 169 Å². The minimum atomic E-state index is -0.757. The van der Waals surface area contributed by atoms with Gasteiger partial charge in [-0.2, -0.15) is 0 Å². The van der Waals surface area contributed by atoms with Gasteiger partial charge in [0.05, 0.1) is 11.3 Å². The Hall–Kier alpha value is -2.12. The molecule has 0 aromatic rings. The third-order valence-electron chi connectivity index (χ3n) is 3.00. The first-order valence-electron chi connectivity index (χ1n) is 9.42. The van der Waals surface area contributed by atoms with Gasteiger partial charge in [0.15, 0.2) is 0 Å². The van der Waals surface area contributed by atoms with E-state index in [1.54, 1.807) is 27.7 Å². The first-order chi connectivity index (χ1) is 12.5. The zero-order valence-corrected chi connectivity index (χ0v) is 18.6. The zero-order chi connectivity index (χ0) is 23.5. The maximum absolute atomic E-state index is 10.0. The number of hydrogen-bond donors (Lipinski definition) is 4. The van der Waals surface area contributed by atoms with Crippen LogP contribution in [0.4, 0.5) is 0 Å². The lowest BCUT2D eigenvalue weighted by Gasteiger charge is -2.08. The van der Waals surface area contributed by atoms with Gasteiger partial charge in [0.2, 0.25) is 0 Å². The van der Waals surface area contributed by atoms with Crippen LogP contribution in [-0.4, -0.2) is 44.3 Å². The van der Waals surface area contributed by atoms with Crippen LogP contribution in [0.1, 0.15) is 87.5 Å². The van der Waals surface area contributed by atoms with Crippen LogP contribution in [0.5, 0.6) is 0 Å². The average Bonchev–Trinajstić information content (AvgIpc) is 2.51. The molecule has 8 nitrogen and oxygen atoms in total. The Morgan fingerprint density at radius 3 is 1.25 bits per heavy atom. The molecule has 0 bridgehead atoms. The summed E-state index contributed by atoms with van der Waals surface area (Å²) in [5.74, 6) is -2.77. The fourth-order valence-electron chi connectivity index (χ4n) is 0.852.